The molecule has 35 heavy (non-hydrogen) atoms. The maximum absolute atomic E-state index is 13.7. The summed E-state index contributed by atoms with van der Waals surface area (Å²) in [5.74, 6) is -0.514. The lowest BCUT2D eigenvalue weighted by Gasteiger charge is -2.38. The van der Waals surface area contributed by atoms with Crippen LogP contribution in [0.25, 0.3) is 0 Å². The Morgan fingerprint density at radius 1 is 1.29 bits per heavy atom. The molecule has 3 N–H and O–H groups in total. The van der Waals surface area contributed by atoms with Crippen molar-refractivity contribution in [3.8, 4) is 0 Å². The first-order valence-electron chi connectivity index (χ1n) is 12.6. The Kier molecular flexibility index (Phi) is 11.1. The zero-order chi connectivity index (χ0) is 26.3. The van der Waals surface area contributed by atoms with Crippen LogP contribution in [0, 0.1) is 11.8 Å². The van der Waals surface area contributed by atoms with Gasteiger partial charge >= 0.3 is 0 Å². The van der Waals surface area contributed by atoms with E-state index in [1.165, 1.54) is 18.4 Å². The number of aromatic nitrogens is 1. The number of hydrogen-bond acceptors (Lipinski definition) is 7. The molecule has 5 atom stereocenters. The quantitative estimate of drug-likeness (QED) is 0.422. The minimum atomic E-state index is -0.909. The van der Waals surface area contributed by atoms with Crippen LogP contribution in [0.3, 0.4) is 0 Å². The highest BCUT2D eigenvalue weighted by Gasteiger charge is 2.36. The maximum Gasteiger partial charge on any atom is 0.270 e. The molecule has 0 spiro atoms. The van der Waals surface area contributed by atoms with Crippen LogP contribution < -0.4 is 10.6 Å². The molecule has 0 aliphatic carbocycles. The van der Waals surface area contributed by atoms with E-state index in [9.17, 15) is 19.5 Å². The average Bonchev–Trinajstić information content (AvgIpc) is 3.34. The average molecular weight is 510 g/mol. The topological polar surface area (TPSA) is 115 Å². The molecular formula is C25H43N5O4S. The normalized spacial score (nSPS) is 20.1. The van der Waals surface area contributed by atoms with Gasteiger partial charge in [0.25, 0.3) is 5.91 Å². The van der Waals surface area contributed by atoms with Crippen molar-refractivity contribution in [2.75, 3.05) is 27.7 Å². The monoisotopic (exact) mass is 509 g/mol. The summed E-state index contributed by atoms with van der Waals surface area (Å²) in [4.78, 5) is 46.6. The Bertz CT molecular complexity index is 861. The summed E-state index contributed by atoms with van der Waals surface area (Å²) < 4.78 is 0. The van der Waals surface area contributed by atoms with E-state index >= 15 is 0 Å². The lowest BCUT2D eigenvalue weighted by atomic mass is 9.92. The molecule has 0 radical (unpaired) electrons. The van der Waals surface area contributed by atoms with Crippen molar-refractivity contribution in [1.82, 2.24) is 25.4 Å². The minimum Gasteiger partial charge on any atom is -0.386 e. The summed E-state index contributed by atoms with van der Waals surface area (Å²) in [6.07, 6.45) is 3.02. The molecule has 3 amide bonds. The number of rotatable bonds is 11. The molecule has 0 bridgehead atoms. The fourth-order valence-electron chi connectivity index (χ4n) is 4.60. The second-order valence-electron chi connectivity index (χ2n) is 10.0. The molecule has 1 aliphatic rings. The number of aliphatic hydroxyl groups excluding tert-OH is 1. The molecular weight excluding hydrogens is 466 g/mol. The van der Waals surface area contributed by atoms with Crippen molar-refractivity contribution in [1.29, 1.82) is 0 Å². The standard InChI is InChI=1S/C25H43N5O4S/c1-8-16(4)21(28-23(33)18-11-9-10-12-29(18)6)25(34)30(7)19(15(2)3)13-20(31)24-27-17(14-35-24)22(32)26-5/h14-16,18-21,31H,8-13H2,1-7H3,(H,26,32)(H,28,33). The number of likely N-dealkylation sites (N-methyl/N-ethyl adjacent to an activating group) is 2. The van der Waals surface area contributed by atoms with Gasteiger partial charge in [-0.1, -0.05) is 40.5 Å². The number of nitrogens with one attached hydrogen (secondary N) is 2. The Morgan fingerprint density at radius 3 is 2.54 bits per heavy atom. The summed E-state index contributed by atoms with van der Waals surface area (Å²) in [7, 11) is 5.23. The van der Waals surface area contributed by atoms with Gasteiger partial charge in [-0.15, -0.1) is 11.3 Å². The van der Waals surface area contributed by atoms with E-state index < -0.39 is 12.1 Å². The van der Waals surface area contributed by atoms with E-state index in [1.54, 1.807) is 17.3 Å². The summed E-state index contributed by atoms with van der Waals surface area (Å²) in [5.41, 5.74) is 0.268. The number of carbonyl (C=O) groups is 3. The molecule has 2 heterocycles. The van der Waals surface area contributed by atoms with Gasteiger partial charge in [0.2, 0.25) is 11.8 Å². The van der Waals surface area contributed by atoms with Crippen LogP contribution in [0.2, 0.25) is 0 Å². The predicted octanol–water partition coefficient (Wildman–Crippen LogP) is 2.42. The fourth-order valence-corrected chi connectivity index (χ4v) is 5.40. The third kappa shape index (κ3) is 7.47. The van der Waals surface area contributed by atoms with Crippen LogP contribution in [0.15, 0.2) is 5.38 Å². The van der Waals surface area contributed by atoms with E-state index in [0.29, 0.717) is 5.01 Å². The number of hydrogen-bond donors (Lipinski definition) is 3. The summed E-state index contributed by atoms with van der Waals surface area (Å²) in [6.45, 7) is 8.89. The van der Waals surface area contributed by atoms with Crippen LogP contribution in [-0.2, 0) is 9.59 Å². The maximum atomic E-state index is 13.7. The number of amides is 3. The van der Waals surface area contributed by atoms with Gasteiger partial charge in [0, 0.05) is 31.9 Å². The number of thiazole rings is 1. The molecule has 9 nitrogen and oxygen atoms in total. The lowest BCUT2D eigenvalue weighted by molar-refractivity contribution is -0.141. The van der Waals surface area contributed by atoms with Gasteiger partial charge in [0.15, 0.2) is 0 Å². The van der Waals surface area contributed by atoms with Crippen molar-refractivity contribution >= 4 is 29.1 Å². The molecule has 10 heteroatoms. The van der Waals surface area contributed by atoms with Crippen LogP contribution in [-0.4, -0.2) is 83.4 Å². The number of nitrogens with zero attached hydrogens (tertiary/aromatic N) is 3. The van der Waals surface area contributed by atoms with Gasteiger partial charge in [-0.3, -0.25) is 19.3 Å². The van der Waals surface area contributed by atoms with E-state index in [0.717, 1.165) is 32.2 Å². The highest BCUT2D eigenvalue weighted by Crippen LogP contribution is 2.28. The Balaban J connectivity index is 2.16. The van der Waals surface area contributed by atoms with Crippen LogP contribution in [0.4, 0.5) is 0 Å². The SMILES string of the molecule is CCC(C)C(NC(=O)C1CCCCN1C)C(=O)N(C)C(CC(O)c1nc(C(=O)NC)cs1)C(C)C. The second kappa shape index (κ2) is 13.3. The van der Waals surface area contributed by atoms with Crippen molar-refractivity contribution in [3.63, 3.8) is 0 Å². The van der Waals surface area contributed by atoms with Crippen molar-refractivity contribution in [3.05, 3.63) is 16.1 Å². The first-order chi connectivity index (χ1) is 16.5. The lowest BCUT2D eigenvalue weighted by Crippen LogP contribution is -2.58. The number of carbonyl (C=O) groups excluding carboxylic acids is 3. The molecule has 1 saturated heterocycles. The predicted molar refractivity (Wildman–Crippen MR) is 138 cm³/mol. The smallest absolute Gasteiger partial charge is 0.270 e. The largest absolute Gasteiger partial charge is 0.386 e. The van der Waals surface area contributed by atoms with E-state index in [1.807, 2.05) is 34.7 Å². The second-order valence-corrected chi connectivity index (χ2v) is 10.9. The fraction of sp³-hybridized carbons (Fsp3) is 0.760. The molecule has 0 aromatic carbocycles. The van der Waals surface area contributed by atoms with Gasteiger partial charge in [0.1, 0.15) is 22.8 Å². The summed E-state index contributed by atoms with van der Waals surface area (Å²) in [6, 6.07) is -1.12. The van der Waals surface area contributed by atoms with E-state index in [2.05, 4.69) is 20.5 Å². The van der Waals surface area contributed by atoms with Crippen LogP contribution in [0.5, 0.6) is 0 Å². The third-order valence-electron chi connectivity index (χ3n) is 7.20. The summed E-state index contributed by atoms with van der Waals surface area (Å²) >= 11 is 1.23. The van der Waals surface area contributed by atoms with Crippen molar-refractivity contribution in [2.45, 2.75) is 84.0 Å². The van der Waals surface area contributed by atoms with E-state index in [4.69, 9.17) is 0 Å². The molecule has 0 saturated carbocycles. The van der Waals surface area contributed by atoms with Gasteiger partial charge in [-0.05, 0) is 38.3 Å². The van der Waals surface area contributed by atoms with Crippen molar-refractivity contribution in [2.24, 2.45) is 11.8 Å². The first kappa shape index (κ1) is 29.2. The molecule has 1 fully saturated rings. The highest BCUT2D eigenvalue weighted by atomic mass is 32.1. The molecule has 198 valence electrons. The highest BCUT2D eigenvalue weighted by molar-refractivity contribution is 7.09. The number of aliphatic hydroxyl groups is 1. The number of piperidine rings is 1. The Hall–Kier alpha value is -2.04. The Morgan fingerprint density at radius 2 is 1.97 bits per heavy atom. The van der Waals surface area contributed by atoms with Gasteiger partial charge in [-0.2, -0.15) is 0 Å². The molecule has 2 rings (SSSR count). The molecule has 1 aliphatic heterocycles. The summed E-state index contributed by atoms with van der Waals surface area (Å²) in [5, 5.41) is 18.5. The molecule has 1 aromatic heterocycles. The third-order valence-corrected chi connectivity index (χ3v) is 8.14. The Labute approximate surface area is 213 Å². The van der Waals surface area contributed by atoms with Gasteiger partial charge < -0.3 is 20.6 Å². The van der Waals surface area contributed by atoms with E-state index in [-0.39, 0.29) is 53.8 Å². The first-order valence-corrected chi connectivity index (χ1v) is 13.5. The minimum absolute atomic E-state index is 0.0328. The number of likely N-dealkylation sites (tertiary alicyclic amines) is 1. The van der Waals surface area contributed by atoms with Gasteiger partial charge in [0.05, 0.1) is 6.04 Å². The molecule has 5 unspecified atom stereocenters. The zero-order valence-corrected chi connectivity index (χ0v) is 23.0. The zero-order valence-electron chi connectivity index (χ0n) is 22.2. The molecule has 1 aromatic rings. The van der Waals surface area contributed by atoms with Crippen LogP contribution >= 0.6 is 11.3 Å². The van der Waals surface area contributed by atoms with Gasteiger partial charge in [-0.25, -0.2) is 4.98 Å². The van der Waals surface area contributed by atoms with Crippen LogP contribution in [0.1, 0.15) is 81.4 Å². The van der Waals surface area contributed by atoms with Crippen molar-refractivity contribution < 1.29 is 19.5 Å².